The third-order valence-corrected chi connectivity index (χ3v) is 3.54. The Hall–Kier alpha value is -1.40. The van der Waals surface area contributed by atoms with Gasteiger partial charge in [-0.1, -0.05) is 18.5 Å². The van der Waals surface area contributed by atoms with E-state index in [-0.39, 0.29) is 0 Å². The second kappa shape index (κ2) is 6.68. The first-order valence-electron chi connectivity index (χ1n) is 6.10. The van der Waals surface area contributed by atoms with E-state index in [1.165, 1.54) is 4.88 Å². The van der Waals surface area contributed by atoms with E-state index in [0.29, 0.717) is 23.3 Å². The van der Waals surface area contributed by atoms with Gasteiger partial charge in [-0.15, -0.1) is 11.3 Å². The van der Waals surface area contributed by atoms with E-state index < -0.39 is 0 Å². The summed E-state index contributed by atoms with van der Waals surface area (Å²) in [4.78, 5) is 13.9. The summed E-state index contributed by atoms with van der Waals surface area (Å²) < 4.78 is 0. The van der Waals surface area contributed by atoms with Crippen LogP contribution in [0.25, 0.3) is 0 Å². The fourth-order valence-electron chi connectivity index (χ4n) is 1.46. The van der Waals surface area contributed by atoms with Crippen molar-refractivity contribution in [2.45, 2.75) is 26.8 Å². The molecule has 0 saturated carbocycles. The van der Waals surface area contributed by atoms with Gasteiger partial charge >= 0.3 is 0 Å². The highest BCUT2D eigenvalue weighted by molar-refractivity contribution is 7.11. The highest BCUT2D eigenvalue weighted by Gasteiger charge is 2.06. The van der Waals surface area contributed by atoms with Crippen molar-refractivity contribution in [2.75, 3.05) is 17.2 Å². The molecule has 0 saturated heterocycles. The monoisotopic (exact) mass is 297 g/mol. The molecular weight excluding hydrogens is 282 g/mol. The predicted molar refractivity (Wildman–Crippen MR) is 80.0 cm³/mol. The topological polar surface area (TPSA) is 62.7 Å². The number of nitrogens with zero attached hydrogens (tertiary/aromatic N) is 3. The number of rotatable bonds is 6. The third-order valence-electron chi connectivity index (χ3n) is 2.35. The molecule has 5 nitrogen and oxygen atoms in total. The molecule has 102 valence electrons. The Morgan fingerprint density at radius 3 is 2.79 bits per heavy atom. The molecule has 7 heteroatoms. The summed E-state index contributed by atoms with van der Waals surface area (Å²) in [5.41, 5.74) is 0. The van der Waals surface area contributed by atoms with E-state index in [9.17, 15) is 0 Å². The van der Waals surface area contributed by atoms with Crippen molar-refractivity contribution >= 4 is 34.7 Å². The van der Waals surface area contributed by atoms with Crippen LogP contribution in [-0.2, 0) is 6.54 Å². The van der Waals surface area contributed by atoms with Gasteiger partial charge in [0.05, 0.1) is 12.7 Å². The predicted octanol–water partition coefficient (Wildman–Crippen LogP) is 3.33. The van der Waals surface area contributed by atoms with Crippen molar-refractivity contribution in [3.63, 3.8) is 0 Å². The summed E-state index contributed by atoms with van der Waals surface area (Å²) >= 11 is 7.72. The molecular formula is C12H16ClN5S. The van der Waals surface area contributed by atoms with Gasteiger partial charge in [0.25, 0.3) is 0 Å². The van der Waals surface area contributed by atoms with Gasteiger partial charge in [0, 0.05) is 17.6 Å². The van der Waals surface area contributed by atoms with Crippen LogP contribution in [0.4, 0.5) is 11.8 Å². The molecule has 0 radical (unpaired) electrons. The van der Waals surface area contributed by atoms with Crippen molar-refractivity contribution in [3.05, 3.63) is 27.3 Å². The van der Waals surface area contributed by atoms with Crippen LogP contribution >= 0.6 is 22.9 Å². The number of nitrogens with one attached hydrogen (secondary N) is 2. The lowest BCUT2D eigenvalue weighted by Crippen LogP contribution is -2.07. The van der Waals surface area contributed by atoms with Gasteiger partial charge < -0.3 is 10.6 Å². The van der Waals surface area contributed by atoms with E-state index in [0.717, 1.165) is 18.0 Å². The van der Waals surface area contributed by atoms with Gasteiger partial charge in [-0.05, 0) is 13.3 Å². The number of anilines is 2. The van der Waals surface area contributed by atoms with Crippen molar-refractivity contribution in [1.82, 2.24) is 15.0 Å². The fourth-order valence-corrected chi connectivity index (χ4v) is 2.34. The smallest absolute Gasteiger partial charge is 0.224 e. The lowest BCUT2D eigenvalue weighted by atomic mass is 10.5. The minimum atomic E-state index is 0.510. The van der Waals surface area contributed by atoms with Crippen LogP contribution < -0.4 is 10.6 Å². The van der Waals surface area contributed by atoms with Crippen LogP contribution in [-0.4, -0.2) is 21.5 Å². The average molecular weight is 298 g/mol. The molecule has 0 amide bonds. The van der Waals surface area contributed by atoms with E-state index in [1.54, 1.807) is 17.5 Å². The zero-order valence-corrected chi connectivity index (χ0v) is 12.5. The maximum Gasteiger partial charge on any atom is 0.224 e. The van der Waals surface area contributed by atoms with Crippen molar-refractivity contribution in [2.24, 2.45) is 0 Å². The van der Waals surface area contributed by atoms with E-state index >= 15 is 0 Å². The quantitative estimate of drug-likeness (QED) is 0.856. The summed E-state index contributed by atoms with van der Waals surface area (Å²) in [6.45, 7) is 5.58. The Morgan fingerprint density at radius 1 is 1.26 bits per heavy atom. The number of hydrogen-bond acceptors (Lipinski definition) is 6. The largest absolute Gasteiger partial charge is 0.362 e. The van der Waals surface area contributed by atoms with E-state index in [4.69, 9.17) is 11.6 Å². The molecule has 2 rings (SSSR count). The molecule has 2 aromatic rings. The number of aryl methyl sites for hydroxylation is 1. The van der Waals surface area contributed by atoms with Crippen molar-refractivity contribution in [1.29, 1.82) is 0 Å². The van der Waals surface area contributed by atoms with Gasteiger partial charge in [-0.2, -0.15) is 4.98 Å². The number of hydrogen-bond donors (Lipinski definition) is 2. The molecule has 0 spiro atoms. The molecule has 0 atom stereocenters. The molecule has 0 aliphatic heterocycles. The van der Waals surface area contributed by atoms with Gasteiger partial charge in [-0.3, -0.25) is 0 Å². The van der Waals surface area contributed by atoms with Crippen molar-refractivity contribution in [3.8, 4) is 0 Å². The molecule has 2 aromatic heterocycles. The molecule has 0 aliphatic carbocycles. The van der Waals surface area contributed by atoms with Gasteiger partial charge in [0.15, 0.2) is 5.82 Å². The van der Waals surface area contributed by atoms with Gasteiger partial charge in [0.1, 0.15) is 10.0 Å². The molecule has 0 unspecified atom stereocenters. The van der Waals surface area contributed by atoms with Crippen LogP contribution in [0.1, 0.15) is 23.2 Å². The third kappa shape index (κ3) is 4.04. The molecule has 19 heavy (non-hydrogen) atoms. The Labute approximate surface area is 121 Å². The summed E-state index contributed by atoms with van der Waals surface area (Å²) in [5, 5.41) is 7.83. The zero-order chi connectivity index (χ0) is 13.7. The zero-order valence-electron chi connectivity index (χ0n) is 10.9. The van der Waals surface area contributed by atoms with E-state index in [2.05, 4.69) is 32.5 Å². The minimum Gasteiger partial charge on any atom is -0.362 e. The first-order valence-corrected chi connectivity index (χ1v) is 7.30. The van der Waals surface area contributed by atoms with Crippen LogP contribution in [0.2, 0.25) is 5.02 Å². The fraction of sp³-hybridized carbons (Fsp3) is 0.417. The summed E-state index contributed by atoms with van der Waals surface area (Å²) in [6.07, 6.45) is 4.48. The molecule has 0 bridgehead atoms. The summed E-state index contributed by atoms with van der Waals surface area (Å²) in [5.74, 6) is 1.21. The van der Waals surface area contributed by atoms with E-state index in [1.807, 2.05) is 13.1 Å². The van der Waals surface area contributed by atoms with Crippen LogP contribution in [0, 0.1) is 6.92 Å². The normalized spacial score (nSPS) is 10.5. The van der Waals surface area contributed by atoms with Gasteiger partial charge in [0.2, 0.25) is 5.95 Å². The highest BCUT2D eigenvalue weighted by atomic mass is 35.5. The maximum absolute atomic E-state index is 6.07. The Bertz CT molecular complexity index is 543. The highest BCUT2D eigenvalue weighted by Crippen LogP contribution is 2.21. The first-order chi connectivity index (χ1) is 9.19. The molecule has 2 heterocycles. The minimum absolute atomic E-state index is 0.510. The van der Waals surface area contributed by atoms with Crippen LogP contribution in [0.15, 0.2) is 12.4 Å². The summed E-state index contributed by atoms with van der Waals surface area (Å²) in [6, 6.07) is 0. The van der Waals surface area contributed by atoms with Gasteiger partial charge in [-0.25, -0.2) is 9.97 Å². The molecule has 0 aliphatic rings. The molecule has 0 fully saturated rings. The van der Waals surface area contributed by atoms with Crippen LogP contribution in [0.5, 0.6) is 0 Å². The Morgan fingerprint density at radius 2 is 2.11 bits per heavy atom. The Balaban J connectivity index is 2.02. The first kappa shape index (κ1) is 14.0. The lowest BCUT2D eigenvalue weighted by Gasteiger charge is -2.08. The second-order valence-electron chi connectivity index (χ2n) is 4.04. The lowest BCUT2D eigenvalue weighted by molar-refractivity contribution is 0.950. The second-order valence-corrected chi connectivity index (χ2v) is 5.76. The Kier molecular flexibility index (Phi) is 4.93. The number of halogens is 1. The average Bonchev–Trinajstić information content (AvgIpc) is 2.82. The SMILES string of the molecule is CCCNc1ncc(Cl)c(NCc2ncc(C)s2)n1. The molecule has 0 aromatic carbocycles. The standard InChI is InChI=1S/C12H16ClN5S/c1-3-4-14-12-17-6-9(13)11(18-12)16-7-10-15-5-8(2)19-10/h5-6H,3-4,7H2,1-2H3,(H2,14,16,17,18). The maximum atomic E-state index is 6.07. The van der Waals surface area contributed by atoms with Crippen molar-refractivity contribution < 1.29 is 0 Å². The van der Waals surface area contributed by atoms with Crippen LogP contribution in [0.3, 0.4) is 0 Å². The number of thiazole rings is 1. The summed E-state index contributed by atoms with van der Waals surface area (Å²) in [7, 11) is 0. The molecule has 2 N–H and O–H groups in total. The number of aromatic nitrogens is 3.